The number of rotatable bonds is 8. The lowest BCUT2D eigenvalue weighted by Gasteiger charge is -2.11. The molecular weight excluding hydrogens is 390 g/mol. The predicted molar refractivity (Wildman–Crippen MR) is 115 cm³/mol. The van der Waals surface area contributed by atoms with E-state index in [0.29, 0.717) is 16.9 Å². The van der Waals surface area contributed by atoms with E-state index in [-0.39, 0.29) is 11.2 Å². The molecule has 0 spiro atoms. The van der Waals surface area contributed by atoms with E-state index in [1.54, 1.807) is 0 Å². The van der Waals surface area contributed by atoms with E-state index in [1.807, 2.05) is 56.3 Å². The lowest BCUT2D eigenvalue weighted by Crippen LogP contribution is -2.30. The fourth-order valence-corrected chi connectivity index (χ4v) is 4.08. The van der Waals surface area contributed by atoms with E-state index < -0.39 is 0 Å². The van der Waals surface area contributed by atoms with Gasteiger partial charge in [0.2, 0.25) is 16.2 Å². The van der Waals surface area contributed by atoms with E-state index in [4.69, 9.17) is 5.84 Å². The lowest BCUT2D eigenvalue weighted by atomic mass is 10.1. The number of aromatic nitrogens is 3. The number of nitrogens with two attached hydrogens (primary N) is 1. The molecule has 0 aliphatic rings. The molecule has 0 saturated heterocycles. The average molecular weight is 414 g/mol. The van der Waals surface area contributed by atoms with E-state index in [2.05, 4.69) is 27.6 Å². The highest BCUT2D eigenvalue weighted by atomic mass is 32.2. The molecule has 1 amide bonds. The van der Waals surface area contributed by atoms with Crippen molar-refractivity contribution in [2.75, 3.05) is 5.84 Å². The third kappa shape index (κ3) is 5.53. The van der Waals surface area contributed by atoms with Crippen LogP contribution in [-0.4, -0.2) is 26.0 Å². The second-order valence-corrected chi connectivity index (χ2v) is 8.62. The Bertz CT molecular complexity index is 912. The number of hydrogen-bond donors (Lipinski definition) is 2. The Kier molecular flexibility index (Phi) is 7.00. The topological polar surface area (TPSA) is 85.8 Å². The molecule has 0 saturated carbocycles. The van der Waals surface area contributed by atoms with Crippen LogP contribution < -0.4 is 11.2 Å². The number of nitrogen functional groups attached to an aromatic ring is 1. The minimum atomic E-state index is -0.330. The van der Waals surface area contributed by atoms with Gasteiger partial charge in [-0.1, -0.05) is 83.7 Å². The Balaban J connectivity index is 1.52. The molecule has 28 heavy (non-hydrogen) atoms. The van der Waals surface area contributed by atoms with Crippen molar-refractivity contribution in [2.24, 2.45) is 0 Å². The summed E-state index contributed by atoms with van der Waals surface area (Å²) in [7, 11) is 0. The number of carbonyl (C=O) groups is 1. The van der Waals surface area contributed by atoms with E-state index in [0.717, 1.165) is 11.3 Å². The quantitative estimate of drug-likeness (QED) is 0.435. The summed E-state index contributed by atoms with van der Waals surface area (Å²) in [6, 6.07) is 18.2. The van der Waals surface area contributed by atoms with Gasteiger partial charge in [-0.3, -0.25) is 4.79 Å². The van der Waals surface area contributed by atoms with E-state index >= 15 is 0 Å². The maximum atomic E-state index is 12.4. The van der Waals surface area contributed by atoms with Crippen molar-refractivity contribution in [3.05, 3.63) is 71.3 Å². The van der Waals surface area contributed by atoms with Crippen LogP contribution in [0.25, 0.3) is 0 Å². The molecule has 3 aromatic rings. The van der Waals surface area contributed by atoms with Crippen LogP contribution in [0.4, 0.5) is 0 Å². The first-order valence-corrected chi connectivity index (χ1v) is 10.8. The van der Waals surface area contributed by atoms with Gasteiger partial charge in [0.1, 0.15) is 0 Å². The van der Waals surface area contributed by atoms with Gasteiger partial charge in [0.25, 0.3) is 0 Å². The van der Waals surface area contributed by atoms with Crippen LogP contribution in [0.5, 0.6) is 0 Å². The lowest BCUT2D eigenvalue weighted by molar-refractivity contribution is -0.120. The molecule has 0 unspecified atom stereocenters. The number of aryl methyl sites for hydroxylation is 1. The number of benzene rings is 2. The summed E-state index contributed by atoms with van der Waals surface area (Å²) in [6.45, 7) is 4.37. The smallest absolute Gasteiger partial charge is 0.233 e. The first kappa shape index (κ1) is 20.3. The van der Waals surface area contributed by atoms with Gasteiger partial charge in [0.05, 0.1) is 5.25 Å². The van der Waals surface area contributed by atoms with Gasteiger partial charge in [-0.05, 0) is 25.0 Å². The van der Waals surface area contributed by atoms with Crippen LogP contribution in [0, 0.1) is 6.92 Å². The summed E-state index contributed by atoms with van der Waals surface area (Å²) in [6.07, 6.45) is 0. The van der Waals surface area contributed by atoms with Gasteiger partial charge in [0, 0.05) is 12.3 Å². The second-order valence-electron chi connectivity index (χ2n) is 6.37. The molecule has 146 valence electrons. The van der Waals surface area contributed by atoms with Crippen molar-refractivity contribution in [3.63, 3.8) is 0 Å². The SMILES string of the molecule is Cc1ccc(CNC(=O)[C@H](C)Sc2nnc(SCc3ccccc3)n2N)cc1. The highest BCUT2D eigenvalue weighted by molar-refractivity contribution is 8.00. The van der Waals surface area contributed by atoms with Gasteiger partial charge in [-0.15, -0.1) is 10.2 Å². The number of nitrogens with zero attached hydrogens (tertiary/aromatic N) is 3. The van der Waals surface area contributed by atoms with Crippen molar-refractivity contribution in [1.82, 2.24) is 20.2 Å². The standard InChI is InChI=1S/C20H23N5OS2/c1-14-8-10-16(11-9-14)12-22-18(26)15(2)28-20-24-23-19(25(20)21)27-13-17-6-4-3-5-7-17/h3-11,15H,12-13,21H2,1-2H3,(H,22,26)/t15-/m0/s1. The predicted octanol–water partition coefficient (Wildman–Crippen LogP) is 3.39. The van der Waals surface area contributed by atoms with E-state index in [9.17, 15) is 4.79 Å². The van der Waals surface area contributed by atoms with Crippen LogP contribution in [0.1, 0.15) is 23.6 Å². The highest BCUT2D eigenvalue weighted by Gasteiger charge is 2.19. The van der Waals surface area contributed by atoms with Gasteiger partial charge < -0.3 is 11.2 Å². The Morgan fingerprint density at radius 1 is 1.07 bits per heavy atom. The second kappa shape index (κ2) is 9.66. The summed E-state index contributed by atoms with van der Waals surface area (Å²) >= 11 is 2.81. The average Bonchev–Trinajstić information content (AvgIpc) is 3.06. The fourth-order valence-electron chi connectivity index (χ4n) is 2.42. The van der Waals surface area contributed by atoms with Crippen LogP contribution in [-0.2, 0) is 17.1 Å². The summed E-state index contributed by atoms with van der Waals surface area (Å²) in [4.78, 5) is 12.4. The molecule has 1 heterocycles. The summed E-state index contributed by atoms with van der Waals surface area (Å²) < 4.78 is 1.45. The Morgan fingerprint density at radius 3 is 2.46 bits per heavy atom. The van der Waals surface area contributed by atoms with Gasteiger partial charge >= 0.3 is 0 Å². The molecule has 1 aromatic heterocycles. The molecule has 0 fully saturated rings. The summed E-state index contributed by atoms with van der Waals surface area (Å²) in [5, 5.41) is 12.0. The number of thioether (sulfide) groups is 2. The number of carbonyl (C=O) groups excluding carboxylic acids is 1. The minimum absolute atomic E-state index is 0.0629. The van der Waals surface area contributed by atoms with Gasteiger partial charge in [0.15, 0.2) is 0 Å². The third-order valence-corrected chi connectivity index (χ3v) is 6.15. The normalized spacial score (nSPS) is 11.9. The molecule has 0 bridgehead atoms. The van der Waals surface area contributed by atoms with Gasteiger partial charge in [-0.25, -0.2) is 4.68 Å². The molecule has 0 aliphatic carbocycles. The minimum Gasteiger partial charge on any atom is -0.351 e. The van der Waals surface area contributed by atoms with Crippen molar-refractivity contribution < 1.29 is 4.79 Å². The van der Waals surface area contributed by atoms with Crippen molar-refractivity contribution in [1.29, 1.82) is 0 Å². The number of nitrogens with one attached hydrogen (secondary N) is 1. The Hall–Kier alpha value is -2.45. The highest BCUT2D eigenvalue weighted by Crippen LogP contribution is 2.26. The van der Waals surface area contributed by atoms with Crippen molar-refractivity contribution >= 4 is 29.4 Å². The summed E-state index contributed by atoms with van der Waals surface area (Å²) in [5.41, 5.74) is 3.45. The Labute approximate surface area is 173 Å². The van der Waals surface area contributed by atoms with Crippen molar-refractivity contribution in [3.8, 4) is 0 Å². The molecule has 6 nitrogen and oxygen atoms in total. The first-order valence-electron chi connectivity index (χ1n) is 8.90. The fraction of sp³-hybridized carbons (Fsp3) is 0.250. The molecule has 0 aliphatic heterocycles. The van der Waals surface area contributed by atoms with Gasteiger partial charge in [-0.2, -0.15) is 0 Å². The third-order valence-electron chi connectivity index (χ3n) is 4.08. The molecule has 3 rings (SSSR count). The van der Waals surface area contributed by atoms with Crippen LogP contribution in [0.3, 0.4) is 0 Å². The molecule has 3 N–H and O–H groups in total. The monoisotopic (exact) mass is 413 g/mol. The maximum absolute atomic E-state index is 12.4. The molecule has 0 radical (unpaired) electrons. The molecule has 8 heteroatoms. The van der Waals surface area contributed by atoms with Crippen molar-refractivity contribution in [2.45, 2.75) is 41.7 Å². The zero-order chi connectivity index (χ0) is 19.9. The van der Waals surface area contributed by atoms with Crippen LogP contribution >= 0.6 is 23.5 Å². The molecular formula is C20H23N5OS2. The number of hydrogen-bond acceptors (Lipinski definition) is 6. The first-order chi connectivity index (χ1) is 13.5. The largest absolute Gasteiger partial charge is 0.351 e. The zero-order valence-electron chi connectivity index (χ0n) is 15.8. The van der Waals surface area contributed by atoms with E-state index in [1.165, 1.54) is 39.3 Å². The van der Waals surface area contributed by atoms with Crippen LogP contribution in [0.15, 0.2) is 64.9 Å². The Morgan fingerprint density at radius 2 is 1.75 bits per heavy atom. The number of amides is 1. The molecule has 2 aromatic carbocycles. The zero-order valence-corrected chi connectivity index (χ0v) is 17.5. The van der Waals surface area contributed by atoms with Crippen LogP contribution in [0.2, 0.25) is 0 Å². The summed E-state index contributed by atoms with van der Waals surface area (Å²) in [5.74, 6) is 6.81. The maximum Gasteiger partial charge on any atom is 0.233 e. The molecule has 1 atom stereocenters.